The van der Waals surface area contributed by atoms with Crippen LogP contribution in [0.2, 0.25) is 0 Å². The number of nitrogens with zero attached hydrogens (tertiary/aromatic N) is 3. The summed E-state index contributed by atoms with van der Waals surface area (Å²) in [4.78, 5) is 16.3. The predicted molar refractivity (Wildman–Crippen MR) is 107 cm³/mol. The zero-order valence-electron chi connectivity index (χ0n) is 14.6. The van der Waals surface area contributed by atoms with E-state index in [-0.39, 0.29) is 5.91 Å². The van der Waals surface area contributed by atoms with E-state index in [0.29, 0.717) is 12.2 Å². The van der Waals surface area contributed by atoms with Crippen molar-refractivity contribution < 1.29 is 4.79 Å². The third kappa shape index (κ3) is 2.74. The van der Waals surface area contributed by atoms with E-state index in [1.165, 1.54) is 4.90 Å². The quantitative estimate of drug-likeness (QED) is 0.641. The molecule has 2 heterocycles. The smallest absolute Gasteiger partial charge is 0.279 e. The highest BCUT2D eigenvalue weighted by molar-refractivity contribution is 7.98. The monoisotopic (exact) mass is 361 g/mol. The molecule has 0 atom stereocenters. The lowest BCUT2D eigenvalue weighted by Crippen LogP contribution is -2.32. The van der Waals surface area contributed by atoms with Crippen LogP contribution in [0.1, 0.15) is 16.1 Å². The minimum absolute atomic E-state index is 0.0899. The van der Waals surface area contributed by atoms with Crippen LogP contribution in [0.3, 0.4) is 0 Å². The number of aryl methyl sites for hydroxylation is 1. The van der Waals surface area contributed by atoms with Crippen LogP contribution in [-0.4, -0.2) is 22.2 Å². The second kappa shape index (κ2) is 6.84. The fraction of sp³-hybridized carbons (Fsp3) is 0.143. The van der Waals surface area contributed by atoms with E-state index in [1.807, 2.05) is 54.2 Å². The molecule has 0 fully saturated rings. The summed E-state index contributed by atoms with van der Waals surface area (Å²) < 4.78 is 1.83. The minimum atomic E-state index is -0.0899. The van der Waals surface area contributed by atoms with E-state index in [2.05, 4.69) is 23.8 Å². The average Bonchev–Trinajstić information content (AvgIpc) is 3.03. The first-order chi connectivity index (χ1) is 12.7. The molecule has 130 valence electrons. The van der Waals surface area contributed by atoms with Crippen LogP contribution in [0.25, 0.3) is 11.3 Å². The average molecular weight is 361 g/mol. The summed E-state index contributed by atoms with van der Waals surface area (Å²) >= 11 is 1.75. The van der Waals surface area contributed by atoms with Crippen molar-refractivity contribution >= 4 is 23.4 Å². The van der Waals surface area contributed by atoms with Crippen LogP contribution < -0.4 is 4.90 Å². The standard InChI is InChI=1S/C21H19N3OS/c1-3-13-24(15-9-5-4-6-10-15)21(25)19-17-14-26-18-12-8-7-11-16(18)20(17)23(2)22-19/h3-12H,1,13-14H2,2H3. The maximum Gasteiger partial charge on any atom is 0.279 e. The van der Waals surface area contributed by atoms with Gasteiger partial charge in [0.05, 0.1) is 5.69 Å². The molecule has 1 amide bonds. The summed E-state index contributed by atoms with van der Waals surface area (Å²) in [5.41, 5.74) is 4.55. The Hall–Kier alpha value is -2.79. The SMILES string of the molecule is C=CCN(C(=O)c1nn(C)c2c1CSc1ccccc1-2)c1ccccc1. The molecule has 4 nitrogen and oxygen atoms in total. The molecule has 0 spiro atoms. The first kappa shape index (κ1) is 16.7. The van der Waals surface area contributed by atoms with E-state index < -0.39 is 0 Å². The van der Waals surface area contributed by atoms with Crippen LogP contribution in [0, 0.1) is 0 Å². The van der Waals surface area contributed by atoms with Gasteiger partial charge in [-0.1, -0.05) is 42.5 Å². The molecular formula is C21H19N3OS. The second-order valence-electron chi connectivity index (χ2n) is 6.12. The molecule has 5 heteroatoms. The molecule has 0 radical (unpaired) electrons. The Balaban J connectivity index is 1.80. The molecule has 0 N–H and O–H groups in total. The molecular weight excluding hydrogens is 342 g/mol. The van der Waals surface area contributed by atoms with Crippen LogP contribution in [0.4, 0.5) is 5.69 Å². The number of carbonyl (C=O) groups excluding carboxylic acids is 1. The highest BCUT2D eigenvalue weighted by Gasteiger charge is 2.30. The molecule has 26 heavy (non-hydrogen) atoms. The number of amides is 1. The van der Waals surface area contributed by atoms with Gasteiger partial charge in [0.1, 0.15) is 0 Å². The van der Waals surface area contributed by atoms with Crippen LogP contribution in [0.5, 0.6) is 0 Å². The molecule has 1 aromatic heterocycles. The van der Waals surface area contributed by atoms with E-state index >= 15 is 0 Å². The maximum atomic E-state index is 13.3. The Labute approximate surface area is 157 Å². The van der Waals surface area contributed by atoms with E-state index in [1.54, 1.807) is 22.7 Å². The highest BCUT2D eigenvalue weighted by atomic mass is 32.2. The van der Waals surface area contributed by atoms with Gasteiger partial charge in [-0.3, -0.25) is 9.48 Å². The highest BCUT2D eigenvalue weighted by Crippen LogP contribution is 2.42. The molecule has 0 aliphatic carbocycles. The van der Waals surface area contributed by atoms with Crippen LogP contribution in [0.15, 0.2) is 72.1 Å². The van der Waals surface area contributed by atoms with Crippen molar-refractivity contribution in [1.29, 1.82) is 0 Å². The zero-order chi connectivity index (χ0) is 18.1. The van der Waals surface area contributed by atoms with Gasteiger partial charge in [0.25, 0.3) is 5.91 Å². The topological polar surface area (TPSA) is 38.1 Å². The summed E-state index contributed by atoms with van der Waals surface area (Å²) in [7, 11) is 1.91. The Bertz CT molecular complexity index is 978. The fourth-order valence-electron chi connectivity index (χ4n) is 3.32. The molecule has 1 aliphatic heterocycles. The van der Waals surface area contributed by atoms with Gasteiger partial charge in [-0.15, -0.1) is 18.3 Å². The lowest BCUT2D eigenvalue weighted by Gasteiger charge is -2.21. The van der Waals surface area contributed by atoms with Gasteiger partial charge in [0.2, 0.25) is 0 Å². The number of hydrogen-bond acceptors (Lipinski definition) is 3. The number of anilines is 1. The van der Waals surface area contributed by atoms with Gasteiger partial charge < -0.3 is 4.90 Å². The Morgan fingerprint density at radius 1 is 1.23 bits per heavy atom. The number of fused-ring (bicyclic) bond motifs is 3. The third-order valence-corrected chi connectivity index (χ3v) is 5.59. The van der Waals surface area contributed by atoms with Gasteiger partial charge in [0, 0.05) is 41.1 Å². The summed E-state index contributed by atoms with van der Waals surface area (Å²) in [6.45, 7) is 4.24. The van der Waals surface area contributed by atoms with Crippen molar-refractivity contribution in [3.05, 3.63) is 78.5 Å². The van der Waals surface area contributed by atoms with Gasteiger partial charge in [-0.25, -0.2) is 0 Å². The predicted octanol–water partition coefficient (Wildman–Crippen LogP) is 4.53. The van der Waals surface area contributed by atoms with Crippen molar-refractivity contribution in [1.82, 2.24) is 9.78 Å². The summed E-state index contributed by atoms with van der Waals surface area (Å²) in [6.07, 6.45) is 1.74. The number of rotatable bonds is 4. The Morgan fingerprint density at radius 3 is 2.73 bits per heavy atom. The summed E-state index contributed by atoms with van der Waals surface area (Å²) in [5, 5.41) is 4.60. The Kier molecular flexibility index (Phi) is 4.39. The molecule has 0 saturated heterocycles. The summed E-state index contributed by atoms with van der Waals surface area (Å²) in [6, 6.07) is 17.9. The molecule has 0 bridgehead atoms. The fourth-order valence-corrected chi connectivity index (χ4v) is 4.39. The van der Waals surface area contributed by atoms with Crippen LogP contribution in [-0.2, 0) is 12.8 Å². The molecule has 3 aromatic rings. The number of hydrogen-bond donors (Lipinski definition) is 0. The van der Waals surface area contributed by atoms with E-state index in [9.17, 15) is 4.79 Å². The first-order valence-electron chi connectivity index (χ1n) is 8.46. The number of aromatic nitrogens is 2. The normalized spacial score (nSPS) is 12.2. The number of carbonyl (C=O) groups is 1. The molecule has 1 aliphatic rings. The van der Waals surface area contributed by atoms with Gasteiger partial charge in [0.15, 0.2) is 5.69 Å². The first-order valence-corrected chi connectivity index (χ1v) is 9.45. The second-order valence-corrected chi connectivity index (χ2v) is 7.14. The van der Waals surface area contributed by atoms with Crippen molar-refractivity contribution in [3.63, 3.8) is 0 Å². The molecule has 0 saturated carbocycles. The van der Waals surface area contributed by atoms with Crippen LogP contribution >= 0.6 is 11.8 Å². The molecule has 4 rings (SSSR count). The lowest BCUT2D eigenvalue weighted by molar-refractivity contribution is 0.0983. The summed E-state index contributed by atoms with van der Waals surface area (Å²) in [5.74, 6) is 0.658. The van der Waals surface area contributed by atoms with Crippen molar-refractivity contribution in [3.8, 4) is 11.3 Å². The van der Waals surface area contributed by atoms with Crippen molar-refractivity contribution in [2.24, 2.45) is 7.05 Å². The molecule has 2 aromatic carbocycles. The van der Waals surface area contributed by atoms with Crippen molar-refractivity contribution in [2.45, 2.75) is 10.6 Å². The maximum absolute atomic E-state index is 13.3. The number of benzene rings is 2. The lowest BCUT2D eigenvalue weighted by atomic mass is 10.1. The zero-order valence-corrected chi connectivity index (χ0v) is 15.4. The van der Waals surface area contributed by atoms with E-state index in [0.717, 1.165) is 28.3 Å². The van der Waals surface area contributed by atoms with Gasteiger partial charge >= 0.3 is 0 Å². The number of thioether (sulfide) groups is 1. The van der Waals surface area contributed by atoms with Gasteiger partial charge in [-0.2, -0.15) is 5.10 Å². The molecule has 0 unspecified atom stereocenters. The van der Waals surface area contributed by atoms with Crippen molar-refractivity contribution in [2.75, 3.05) is 11.4 Å². The minimum Gasteiger partial charge on any atom is -0.303 e. The third-order valence-electron chi connectivity index (χ3n) is 4.49. The Morgan fingerprint density at radius 2 is 1.96 bits per heavy atom. The largest absolute Gasteiger partial charge is 0.303 e. The number of para-hydroxylation sites is 1. The van der Waals surface area contributed by atoms with Gasteiger partial charge in [-0.05, 0) is 18.2 Å². The van der Waals surface area contributed by atoms with E-state index in [4.69, 9.17) is 0 Å².